The highest BCUT2D eigenvalue weighted by Gasteiger charge is 2.28. The average molecular weight is 531 g/mol. The van der Waals surface area contributed by atoms with E-state index in [0.29, 0.717) is 46.2 Å². The first-order chi connectivity index (χ1) is 18.2. The minimum Gasteiger partial charge on any atom is -0.377 e. The normalized spacial score (nSPS) is 14.2. The van der Waals surface area contributed by atoms with Gasteiger partial charge in [-0.2, -0.15) is 5.10 Å². The highest BCUT2D eigenvalue weighted by molar-refractivity contribution is 6.29. The van der Waals surface area contributed by atoms with Crippen molar-refractivity contribution < 1.29 is 4.79 Å². The Balaban J connectivity index is 1.51. The Hall–Kier alpha value is -4.18. The molecule has 5 heterocycles. The second-order valence-electron chi connectivity index (χ2n) is 9.85. The maximum atomic E-state index is 13.6. The molecule has 1 atom stereocenters. The van der Waals surface area contributed by atoms with E-state index in [0.717, 1.165) is 28.8 Å². The minimum absolute atomic E-state index is 0.152. The molecule has 0 radical (unpaired) electrons. The molecule has 194 valence electrons. The monoisotopic (exact) mass is 530 g/mol. The summed E-state index contributed by atoms with van der Waals surface area (Å²) in [4.78, 5) is 37.5. The Morgan fingerprint density at radius 1 is 1.18 bits per heavy atom. The molecule has 1 saturated heterocycles. The van der Waals surface area contributed by atoms with E-state index in [1.807, 2.05) is 43.6 Å². The van der Waals surface area contributed by atoms with Gasteiger partial charge < -0.3 is 10.2 Å². The Morgan fingerprint density at radius 3 is 2.66 bits per heavy atom. The van der Waals surface area contributed by atoms with Crippen LogP contribution < -0.4 is 10.9 Å². The number of imidazole rings is 1. The summed E-state index contributed by atoms with van der Waals surface area (Å²) in [6.45, 7) is 5.41. The van der Waals surface area contributed by atoms with Gasteiger partial charge in [-0.1, -0.05) is 17.7 Å². The molecule has 1 aliphatic rings. The van der Waals surface area contributed by atoms with Gasteiger partial charge in [0.25, 0.3) is 11.5 Å². The van der Waals surface area contributed by atoms with Gasteiger partial charge in [-0.05, 0) is 49.6 Å². The first-order valence-corrected chi connectivity index (χ1v) is 12.8. The van der Waals surface area contributed by atoms with Crippen molar-refractivity contribution in [2.45, 2.75) is 26.3 Å². The summed E-state index contributed by atoms with van der Waals surface area (Å²) in [5.74, 6) is -0.152. The molecule has 6 rings (SSSR count). The van der Waals surface area contributed by atoms with Gasteiger partial charge in [0.2, 0.25) is 0 Å². The number of carbonyl (C=O) groups excluding carboxylic acids is 1. The lowest BCUT2D eigenvalue weighted by Gasteiger charge is -2.30. The first kappa shape index (κ1) is 24.2. The van der Waals surface area contributed by atoms with Crippen LogP contribution in [0.1, 0.15) is 41.0 Å². The van der Waals surface area contributed by atoms with Crippen molar-refractivity contribution in [2.75, 3.05) is 18.4 Å². The number of hydrogen-bond acceptors (Lipinski definition) is 6. The Morgan fingerprint density at radius 2 is 1.97 bits per heavy atom. The molecule has 0 saturated carbocycles. The van der Waals surface area contributed by atoms with Gasteiger partial charge in [-0.15, -0.1) is 0 Å². The van der Waals surface area contributed by atoms with Crippen LogP contribution in [-0.4, -0.2) is 52.6 Å². The molecular formula is C27H27ClN8O2. The van der Waals surface area contributed by atoms with Crippen LogP contribution in [0.5, 0.6) is 0 Å². The summed E-state index contributed by atoms with van der Waals surface area (Å²) in [5.41, 5.74) is 5.47. The Labute approximate surface area is 223 Å². The number of rotatable bonds is 5. The molecule has 0 aliphatic carbocycles. The lowest BCUT2D eigenvalue weighted by molar-refractivity contribution is 0.0648. The number of pyridine rings is 1. The zero-order chi connectivity index (χ0) is 26.7. The van der Waals surface area contributed by atoms with Crippen molar-refractivity contribution in [3.8, 4) is 11.3 Å². The van der Waals surface area contributed by atoms with Gasteiger partial charge in [0.1, 0.15) is 11.5 Å². The maximum absolute atomic E-state index is 13.6. The molecule has 10 nitrogen and oxygen atoms in total. The topological polar surface area (TPSA) is 102 Å². The highest BCUT2D eigenvalue weighted by Crippen LogP contribution is 2.33. The second kappa shape index (κ2) is 8.98. The molecule has 38 heavy (non-hydrogen) atoms. The van der Waals surface area contributed by atoms with E-state index < -0.39 is 0 Å². The predicted octanol–water partition coefficient (Wildman–Crippen LogP) is 3.96. The fourth-order valence-corrected chi connectivity index (χ4v) is 5.27. The van der Waals surface area contributed by atoms with Gasteiger partial charge in [0.05, 0.1) is 34.5 Å². The van der Waals surface area contributed by atoms with Crippen LogP contribution in [0.3, 0.4) is 0 Å². The van der Waals surface area contributed by atoms with E-state index >= 15 is 0 Å². The van der Waals surface area contributed by atoms with Crippen LogP contribution in [0.15, 0.2) is 47.8 Å². The minimum atomic E-state index is -0.233. The van der Waals surface area contributed by atoms with Gasteiger partial charge in [0.15, 0.2) is 11.3 Å². The number of carbonyl (C=O) groups is 1. The predicted molar refractivity (Wildman–Crippen MR) is 147 cm³/mol. The van der Waals surface area contributed by atoms with Crippen LogP contribution in [0.4, 0.5) is 5.69 Å². The smallest absolute Gasteiger partial charge is 0.276 e. The Kier molecular flexibility index (Phi) is 5.71. The molecule has 1 fully saturated rings. The third-order valence-corrected chi connectivity index (χ3v) is 7.35. The standard InChI is InChI=1S/C27H27ClN8O2/c1-15-10-18(16(2)31-20-6-7-21(28)32-22(20)17-12-30-33(3)13-17)24-19(11-15)26(37)34(4)25-23(29-14-36(24)25)27(38)35-8-5-9-35/h6-7,10-14,16,31H,5,8-9H2,1-4H3. The van der Waals surface area contributed by atoms with E-state index in [-0.39, 0.29) is 17.5 Å². The maximum Gasteiger partial charge on any atom is 0.276 e. The molecule has 4 aromatic heterocycles. The molecule has 0 spiro atoms. The van der Waals surface area contributed by atoms with Crippen LogP contribution in [0, 0.1) is 6.92 Å². The largest absolute Gasteiger partial charge is 0.377 e. The van der Waals surface area contributed by atoms with Crippen LogP contribution in [0.25, 0.3) is 27.8 Å². The number of hydrogen-bond donors (Lipinski definition) is 1. The molecule has 1 amide bonds. The van der Waals surface area contributed by atoms with Crippen molar-refractivity contribution in [3.63, 3.8) is 0 Å². The number of aromatic nitrogens is 6. The van der Waals surface area contributed by atoms with E-state index in [9.17, 15) is 9.59 Å². The molecule has 1 aliphatic heterocycles. The SMILES string of the molecule is Cc1cc(C(C)Nc2ccc(Cl)nc2-c2cnn(C)c2)c2c(c1)c(=O)n(C)c1c(C(=O)N3CCC3)ncn21. The van der Waals surface area contributed by atoms with Gasteiger partial charge in [0, 0.05) is 38.9 Å². The van der Waals surface area contributed by atoms with Gasteiger partial charge in [-0.25, -0.2) is 9.97 Å². The summed E-state index contributed by atoms with van der Waals surface area (Å²) in [7, 11) is 3.54. The van der Waals surface area contributed by atoms with E-state index in [4.69, 9.17) is 11.6 Å². The number of nitrogens with one attached hydrogen (secondary N) is 1. The van der Waals surface area contributed by atoms with Crippen molar-refractivity contribution >= 4 is 39.7 Å². The molecule has 1 aromatic carbocycles. The number of nitrogens with zero attached hydrogens (tertiary/aromatic N) is 7. The second-order valence-corrected chi connectivity index (χ2v) is 10.2. The third kappa shape index (κ3) is 3.83. The van der Waals surface area contributed by atoms with Crippen molar-refractivity contribution in [2.24, 2.45) is 14.1 Å². The lowest BCUT2D eigenvalue weighted by atomic mass is 10.0. The number of amides is 1. The lowest BCUT2D eigenvalue weighted by Crippen LogP contribution is -2.42. The molecule has 5 aromatic rings. The number of halogens is 1. The molecule has 0 bridgehead atoms. The molecule has 1 unspecified atom stereocenters. The summed E-state index contributed by atoms with van der Waals surface area (Å²) in [5, 5.41) is 8.78. The van der Waals surface area contributed by atoms with Crippen molar-refractivity contribution in [3.05, 3.63) is 75.3 Å². The number of anilines is 1. The van der Waals surface area contributed by atoms with Crippen LogP contribution in [-0.2, 0) is 14.1 Å². The van der Waals surface area contributed by atoms with Crippen LogP contribution >= 0.6 is 11.6 Å². The molecule has 11 heteroatoms. The zero-order valence-corrected chi connectivity index (χ0v) is 22.3. The Bertz CT molecular complexity index is 1800. The zero-order valence-electron chi connectivity index (χ0n) is 21.6. The quantitative estimate of drug-likeness (QED) is 0.345. The van der Waals surface area contributed by atoms with Crippen molar-refractivity contribution in [1.29, 1.82) is 0 Å². The van der Waals surface area contributed by atoms with Crippen molar-refractivity contribution in [1.82, 2.24) is 33.6 Å². The highest BCUT2D eigenvalue weighted by atomic mass is 35.5. The number of fused-ring (bicyclic) bond motifs is 3. The average Bonchev–Trinajstić information content (AvgIpc) is 3.48. The summed E-state index contributed by atoms with van der Waals surface area (Å²) >= 11 is 6.24. The fraction of sp³-hybridized carbons (Fsp3) is 0.296. The van der Waals surface area contributed by atoms with E-state index in [2.05, 4.69) is 26.4 Å². The summed E-state index contributed by atoms with van der Waals surface area (Å²) < 4.78 is 5.09. The summed E-state index contributed by atoms with van der Waals surface area (Å²) in [6, 6.07) is 7.34. The molecular weight excluding hydrogens is 504 g/mol. The summed E-state index contributed by atoms with van der Waals surface area (Å²) in [6.07, 6.45) is 6.24. The third-order valence-electron chi connectivity index (χ3n) is 7.14. The van der Waals surface area contributed by atoms with E-state index in [1.54, 1.807) is 35.2 Å². The first-order valence-electron chi connectivity index (χ1n) is 12.4. The van der Waals surface area contributed by atoms with Crippen LogP contribution in [0.2, 0.25) is 5.15 Å². The number of likely N-dealkylation sites (tertiary alicyclic amines) is 1. The number of benzene rings is 1. The number of aryl methyl sites for hydroxylation is 3. The fourth-order valence-electron chi connectivity index (χ4n) is 5.12. The van der Waals surface area contributed by atoms with E-state index in [1.165, 1.54) is 4.57 Å². The van der Waals surface area contributed by atoms with Gasteiger partial charge in [-0.3, -0.25) is 23.2 Å². The van der Waals surface area contributed by atoms with Gasteiger partial charge >= 0.3 is 0 Å². The molecule has 1 N–H and O–H groups in total.